The van der Waals surface area contributed by atoms with E-state index in [0.29, 0.717) is 64.1 Å². The van der Waals surface area contributed by atoms with Crippen molar-refractivity contribution < 1.29 is 45.8 Å². The number of methoxy groups -OCH3 is 1. The molecule has 12 heteroatoms. The average molecular weight is 669 g/mol. The molecule has 2 heterocycles. The Kier molecular flexibility index (Phi) is 8.69. The average Bonchev–Trinajstić information content (AvgIpc) is 3.34. The summed E-state index contributed by atoms with van der Waals surface area (Å²) in [5.41, 5.74) is 2.61. The number of nitrogens with zero attached hydrogens (tertiary/aromatic N) is 2. The lowest BCUT2D eigenvalue weighted by molar-refractivity contribution is -0.141. The van der Waals surface area contributed by atoms with Crippen LogP contribution in [0.2, 0.25) is 0 Å². The fourth-order valence-electron chi connectivity index (χ4n) is 6.97. The third-order valence-electron chi connectivity index (χ3n) is 9.21. The molecule has 1 aliphatic carbocycles. The molecule has 0 bridgehead atoms. The summed E-state index contributed by atoms with van der Waals surface area (Å²) in [5.74, 6) is -2.07. The summed E-state index contributed by atoms with van der Waals surface area (Å²) in [6.45, 7) is 1.90. The minimum Gasteiger partial charge on any atom is -0.496 e. The number of ether oxygens (including phenoxy) is 1. The van der Waals surface area contributed by atoms with Crippen LogP contribution in [0.3, 0.4) is 0 Å². The number of fused-ring (bicyclic) bond motifs is 1. The summed E-state index contributed by atoms with van der Waals surface area (Å²) < 4.78 is 88.7. The van der Waals surface area contributed by atoms with E-state index in [1.165, 1.54) is 25.3 Å². The van der Waals surface area contributed by atoms with E-state index >= 15 is 0 Å². The van der Waals surface area contributed by atoms with E-state index in [1.54, 1.807) is 37.3 Å². The first-order valence-corrected chi connectivity index (χ1v) is 15.2. The Morgan fingerprint density at radius 1 is 0.854 bits per heavy atom. The fourth-order valence-corrected chi connectivity index (χ4v) is 6.97. The minimum atomic E-state index is -4.64. The van der Waals surface area contributed by atoms with Crippen LogP contribution in [0.4, 0.5) is 26.3 Å². The van der Waals surface area contributed by atoms with Crippen molar-refractivity contribution in [1.82, 2.24) is 4.98 Å². The molecule has 1 aromatic heterocycles. The molecule has 1 N–H and O–H groups in total. The Balaban J connectivity index is 1.47. The Labute approximate surface area is 272 Å². The van der Waals surface area contributed by atoms with Crippen molar-refractivity contribution in [3.05, 3.63) is 106 Å². The van der Waals surface area contributed by atoms with Crippen molar-refractivity contribution in [3.8, 4) is 28.0 Å². The van der Waals surface area contributed by atoms with Crippen LogP contribution >= 0.6 is 0 Å². The molecule has 0 saturated heterocycles. The number of hydrogen-bond acceptors (Lipinski definition) is 5. The molecular weight excluding hydrogens is 638 g/mol. The van der Waals surface area contributed by atoms with Gasteiger partial charge in [-0.1, -0.05) is 23.4 Å². The van der Waals surface area contributed by atoms with E-state index in [1.807, 2.05) is 0 Å². The highest BCUT2D eigenvalue weighted by atomic mass is 19.4. The van der Waals surface area contributed by atoms with Crippen LogP contribution in [0.1, 0.15) is 69.4 Å². The van der Waals surface area contributed by atoms with Crippen molar-refractivity contribution in [2.75, 3.05) is 13.7 Å². The van der Waals surface area contributed by atoms with Gasteiger partial charge in [-0.25, -0.2) is 4.79 Å². The highest BCUT2D eigenvalue weighted by Gasteiger charge is 2.43. The fraction of sp³-hybridized carbons (Fsp3) is 0.306. The van der Waals surface area contributed by atoms with Gasteiger partial charge in [0.15, 0.2) is 0 Å². The normalized spacial score (nSPS) is 19.6. The van der Waals surface area contributed by atoms with Gasteiger partial charge in [-0.3, -0.25) is 4.98 Å². The van der Waals surface area contributed by atoms with Gasteiger partial charge in [0.2, 0.25) is 0 Å². The van der Waals surface area contributed by atoms with Crippen LogP contribution < -0.4 is 4.74 Å². The molecule has 0 unspecified atom stereocenters. The third-order valence-corrected chi connectivity index (χ3v) is 9.21. The van der Waals surface area contributed by atoms with E-state index in [-0.39, 0.29) is 18.1 Å². The van der Waals surface area contributed by atoms with E-state index in [9.17, 15) is 36.2 Å². The summed E-state index contributed by atoms with van der Waals surface area (Å²) in [5, 5.41) is 13.8. The van der Waals surface area contributed by atoms with E-state index in [0.717, 1.165) is 30.0 Å². The predicted octanol–water partition coefficient (Wildman–Crippen LogP) is 9.52. The van der Waals surface area contributed by atoms with Gasteiger partial charge in [-0.15, -0.1) is 0 Å². The van der Waals surface area contributed by atoms with Gasteiger partial charge in [0, 0.05) is 23.6 Å². The minimum absolute atomic E-state index is 0.122. The van der Waals surface area contributed by atoms with Crippen molar-refractivity contribution in [2.24, 2.45) is 11.1 Å². The largest absolute Gasteiger partial charge is 0.496 e. The van der Waals surface area contributed by atoms with Gasteiger partial charge < -0.3 is 14.7 Å². The maximum atomic E-state index is 14.2. The Hall–Kier alpha value is -4.87. The molecule has 2 aliphatic rings. The molecule has 4 aromatic rings. The third kappa shape index (κ3) is 6.35. The summed E-state index contributed by atoms with van der Waals surface area (Å²) >= 11 is 0. The smallest absolute Gasteiger partial charge is 0.433 e. The zero-order valence-electron chi connectivity index (χ0n) is 25.8. The molecule has 6 rings (SSSR count). The first kappa shape index (κ1) is 33.0. The number of hydrogen-bond donors (Lipinski definition) is 1. The summed E-state index contributed by atoms with van der Waals surface area (Å²) in [4.78, 5) is 20.6. The van der Waals surface area contributed by atoms with Crippen LogP contribution in [-0.2, 0) is 17.2 Å². The monoisotopic (exact) mass is 668 g/mol. The van der Waals surface area contributed by atoms with Crippen LogP contribution in [0.5, 0.6) is 5.75 Å². The van der Waals surface area contributed by atoms with Gasteiger partial charge >= 0.3 is 18.3 Å². The molecule has 1 saturated carbocycles. The topological polar surface area (TPSA) is 81.0 Å². The summed E-state index contributed by atoms with van der Waals surface area (Å²) in [6, 6.07) is 16.1. The van der Waals surface area contributed by atoms with Crippen molar-refractivity contribution in [2.45, 2.75) is 50.4 Å². The van der Waals surface area contributed by atoms with Crippen LogP contribution in [0, 0.1) is 12.8 Å². The van der Waals surface area contributed by atoms with Crippen molar-refractivity contribution in [3.63, 3.8) is 0 Å². The molecule has 6 nitrogen and oxygen atoms in total. The van der Waals surface area contributed by atoms with E-state index in [4.69, 9.17) is 9.57 Å². The second-order valence-electron chi connectivity index (χ2n) is 12.0. The van der Waals surface area contributed by atoms with Gasteiger partial charge in [-0.2, -0.15) is 26.3 Å². The number of oxime groups is 1. The number of halogens is 6. The molecule has 1 aliphatic heterocycles. The zero-order valence-corrected chi connectivity index (χ0v) is 25.8. The maximum Gasteiger partial charge on any atom is 0.433 e. The van der Waals surface area contributed by atoms with Gasteiger partial charge in [0.05, 0.1) is 23.9 Å². The molecule has 1 fully saturated rings. The second-order valence-corrected chi connectivity index (χ2v) is 12.0. The van der Waals surface area contributed by atoms with Gasteiger partial charge in [0.25, 0.3) is 0 Å². The number of aromatic carboxylic acids is 1. The molecule has 250 valence electrons. The zero-order chi connectivity index (χ0) is 34.4. The number of carbonyl (C=O) groups is 1. The summed E-state index contributed by atoms with van der Waals surface area (Å²) in [6.07, 6.45) is -6.92. The number of aryl methyl sites for hydroxylation is 1. The number of alkyl halides is 6. The highest BCUT2D eigenvalue weighted by Crippen LogP contribution is 2.50. The number of pyridine rings is 1. The number of rotatable bonds is 6. The van der Waals surface area contributed by atoms with Crippen LogP contribution in [0.25, 0.3) is 22.3 Å². The molecule has 3 atom stereocenters. The molecule has 0 radical (unpaired) electrons. The molecule has 48 heavy (non-hydrogen) atoms. The lowest BCUT2D eigenvalue weighted by Crippen LogP contribution is -2.21. The second kappa shape index (κ2) is 12.6. The van der Waals surface area contributed by atoms with Crippen LogP contribution in [0.15, 0.2) is 78.1 Å². The summed E-state index contributed by atoms with van der Waals surface area (Å²) in [7, 11) is 1.46. The quantitative estimate of drug-likeness (QED) is 0.207. The Bertz CT molecular complexity index is 1900. The van der Waals surface area contributed by atoms with Crippen molar-refractivity contribution >= 4 is 11.7 Å². The number of aromatic nitrogens is 1. The number of benzene rings is 3. The highest BCUT2D eigenvalue weighted by molar-refractivity contribution is 5.97. The van der Waals surface area contributed by atoms with Gasteiger partial charge in [-0.05, 0) is 114 Å². The Morgan fingerprint density at radius 3 is 2.31 bits per heavy atom. The first-order valence-electron chi connectivity index (χ1n) is 15.2. The van der Waals surface area contributed by atoms with E-state index in [2.05, 4.69) is 10.1 Å². The number of carboxylic acid groups (broad SMARTS) is 1. The lowest BCUT2D eigenvalue weighted by Gasteiger charge is -2.24. The molecule has 0 amide bonds. The first-order chi connectivity index (χ1) is 22.8. The standard InChI is InChI=1S/C36H30F6N2O4/c1-19-15-22(34(45)46)3-6-24(19)20-4-10-31(47-2)30(16-20)26-7-5-23(35(37,38)39)18-29(26)28-9-8-27-25(12-14-48-44-33(27)28)21-11-13-43-32(17-21)36(40,41)42/h3-7,10-11,13,15-18,25,27-28H,8-9,12,14H2,1-2H3,(H,45,46)/t25-,27+,28+/m1/s1. The van der Waals surface area contributed by atoms with Gasteiger partial charge in [0.1, 0.15) is 18.1 Å². The predicted molar refractivity (Wildman–Crippen MR) is 166 cm³/mol. The molecular formula is C36H30F6N2O4. The Morgan fingerprint density at radius 2 is 1.62 bits per heavy atom. The molecule has 0 spiro atoms. The van der Waals surface area contributed by atoms with Crippen LogP contribution in [-0.4, -0.2) is 35.5 Å². The van der Waals surface area contributed by atoms with Crippen molar-refractivity contribution in [1.29, 1.82) is 0 Å². The maximum absolute atomic E-state index is 14.2. The lowest BCUT2D eigenvalue weighted by atomic mass is 9.79. The number of carboxylic acids is 1. The van der Waals surface area contributed by atoms with E-state index < -0.39 is 41.4 Å². The SMILES string of the molecule is COc1ccc(-c2ccc(C(=O)O)cc2C)cc1-c1ccc(C(F)(F)F)cc1[C@@H]1CC[C@@H]2C1=NOCC[C@@H]2c1ccnc(C(F)(F)F)c1. The molecule has 3 aromatic carbocycles.